The normalized spacial score (nSPS) is 10.6. The number of hydrogen-bond acceptors (Lipinski definition) is 3. The second kappa shape index (κ2) is 4.96. The molecule has 0 radical (unpaired) electrons. The van der Waals surface area contributed by atoms with Gasteiger partial charge in [-0.15, -0.1) is 0 Å². The Kier molecular flexibility index (Phi) is 3.87. The van der Waals surface area contributed by atoms with Crippen LogP contribution >= 0.6 is 23.2 Å². The second-order valence-electron chi connectivity index (χ2n) is 2.76. The van der Waals surface area contributed by atoms with Crippen molar-refractivity contribution in [1.82, 2.24) is 0 Å². The average molecular weight is 262 g/mol. The number of nitrogens with zero attached hydrogens (tertiary/aromatic N) is 1. The van der Waals surface area contributed by atoms with Crippen molar-refractivity contribution in [2.75, 3.05) is 0 Å². The quantitative estimate of drug-likeness (QED) is 0.515. The van der Waals surface area contributed by atoms with E-state index >= 15 is 0 Å². The molecule has 0 atom stereocenters. The molecule has 0 aliphatic rings. The van der Waals surface area contributed by atoms with Crippen molar-refractivity contribution in [3.63, 3.8) is 0 Å². The summed E-state index contributed by atoms with van der Waals surface area (Å²) in [4.78, 5) is 20.2. The summed E-state index contributed by atoms with van der Waals surface area (Å²) in [6, 6.07) is 2.44. The third kappa shape index (κ3) is 2.95. The lowest BCUT2D eigenvalue weighted by Gasteiger charge is -2.00. The molecule has 0 amide bonds. The number of carboxylic acid groups (broad SMARTS) is 1. The zero-order chi connectivity index (χ0) is 12.3. The van der Waals surface area contributed by atoms with E-state index < -0.39 is 10.9 Å². The van der Waals surface area contributed by atoms with Gasteiger partial charge in [-0.1, -0.05) is 23.2 Å². The van der Waals surface area contributed by atoms with Crippen LogP contribution in [0.4, 0.5) is 5.69 Å². The number of benzene rings is 1. The minimum atomic E-state index is -1.18. The number of nitro benzene ring substituents is 1. The van der Waals surface area contributed by atoms with Gasteiger partial charge in [0.05, 0.1) is 4.92 Å². The van der Waals surface area contributed by atoms with E-state index in [-0.39, 0.29) is 21.3 Å². The Bertz CT molecular complexity index is 485. The van der Waals surface area contributed by atoms with Crippen molar-refractivity contribution in [2.45, 2.75) is 0 Å². The van der Waals surface area contributed by atoms with Crippen molar-refractivity contribution in [3.05, 3.63) is 43.9 Å². The predicted molar refractivity (Wildman–Crippen MR) is 59.8 cm³/mol. The van der Waals surface area contributed by atoms with Gasteiger partial charge < -0.3 is 5.11 Å². The highest BCUT2D eigenvalue weighted by atomic mass is 35.5. The molecule has 0 saturated carbocycles. The summed E-state index contributed by atoms with van der Waals surface area (Å²) in [5, 5.41) is 19.0. The first kappa shape index (κ1) is 12.5. The van der Waals surface area contributed by atoms with Gasteiger partial charge in [0.2, 0.25) is 0 Å². The zero-order valence-electron chi connectivity index (χ0n) is 7.68. The zero-order valence-corrected chi connectivity index (χ0v) is 9.20. The van der Waals surface area contributed by atoms with Crippen LogP contribution in [-0.4, -0.2) is 16.0 Å². The fourth-order valence-corrected chi connectivity index (χ4v) is 1.47. The summed E-state index contributed by atoms with van der Waals surface area (Å²) in [6.45, 7) is 0. The molecular weight excluding hydrogens is 257 g/mol. The summed E-state index contributed by atoms with van der Waals surface area (Å²) in [5.41, 5.74) is -0.178. The Morgan fingerprint density at radius 1 is 1.44 bits per heavy atom. The summed E-state index contributed by atoms with van der Waals surface area (Å²) < 4.78 is 0. The van der Waals surface area contributed by atoms with Crippen molar-refractivity contribution in [3.8, 4) is 0 Å². The number of carboxylic acids is 1. The Labute approximate surface area is 100 Å². The molecule has 1 aromatic carbocycles. The summed E-state index contributed by atoms with van der Waals surface area (Å²) in [6.07, 6.45) is 1.96. The largest absolute Gasteiger partial charge is 0.478 e. The number of halogens is 2. The molecule has 0 fully saturated rings. The summed E-state index contributed by atoms with van der Waals surface area (Å²) >= 11 is 11.4. The third-order valence-electron chi connectivity index (χ3n) is 1.65. The van der Waals surface area contributed by atoms with Crippen LogP contribution in [0, 0.1) is 10.1 Å². The number of carbonyl (C=O) groups is 1. The standard InChI is InChI=1S/C9H5Cl2NO4/c10-6-3-5(1-2-8(13)14)9(11)7(4-6)12(15)16/h1-4H,(H,13,14)/b2-1+. The molecule has 0 saturated heterocycles. The molecule has 84 valence electrons. The number of aliphatic carboxylic acids is 1. The number of rotatable bonds is 3. The Balaban J connectivity index is 3.29. The molecule has 0 aromatic heterocycles. The molecule has 0 spiro atoms. The average Bonchev–Trinajstić information content (AvgIpc) is 2.18. The van der Waals surface area contributed by atoms with E-state index in [0.717, 1.165) is 18.2 Å². The van der Waals surface area contributed by atoms with E-state index in [0.29, 0.717) is 0 Å². The fourth-order valence-electron chi connectivity index (χ4n) is 1.01. The molecule has 1 N–H and O–H groups in total. The maximum Gasteiger partial charge on any atom is 0.328 e. The molecule has 16 heavy (non-hydrogen) atoms. The first-order valence-electron chi connectivity index (χ1n) is 3.96. The van der Waals surface area contributed by atoms with Gasteiger partial charge in [0, 0.05) is 22.7 Å². The fraction of sp³-hybridized carbons (Fsp3) is 0. The van der Waals surface area contributed by atoms with Crippen LogP contribution in [0.25, 0.3) is 6.08 Å². The maximum absolute atomic E-state index is 10.6. The lowest BCUT2D eigenvalue weighted by molar-refractivity contribution is -0.384. The van der Waals surface area contributed by atoms with Crippen molar-refractivity contribution >= 4 is 40.9 Å². The molecule has 0 aliphatic heterocycles. The van der Waals surface area contributed by atoms with Gasteiger partial charge in [0.1, 0.15) is 5.02 Å². The van der Waals surface area contributed by atoms with Gasteiger partial charge in [-0.3, -0.25) is 10.1 Å². The first-order valence-corrected chi connectivity index (χ1v) is 4.72. The van der Waals surface area contributed by atoms with Crippen LogP contribution in [0.15, 0.2) is 18.2 Å². The molecule has 0 heterocycles. The molecule has 1 aromatic rings. The van der Waals surface area contributed by atoms with Gasteiger partial charge in [0.15, 0.2) is 0 Å². The second-order valence-corrected chi connectivity index (χ2v) is 3.57. The van der Waals surface area contributed by atoms with Crippen LogP contribution in [0.2, 0.25) is 10.0 Å². The molecule has 1 rings (SSSR count). The van der Waals surface area contributed by atoms with E-state index in [1.54, 1.807) is 0 Å². The third-order valence-corrected chi connectivity index (χ3v) is 2.28. The van der Waals surface area contributed by atoms with Crippen molar-refractivity contribution in [1.29, 1.82) is 0 Å². The highest BCUT2D eigenvalue weighted by molar-refractivity contribution is 6.36. The van der Waals surface area contributed by atoms with E-state index in [1.165, 1.54) is 6.07 Å². The Morgan fingerprint density at radius 2 is 2.06 bits per heavy atom. The summed E-state index contributed by atoms with van der Waals surface area (Å²) in [5.74, 6) is -1.18. The minimum absolute atomic E-state index is 0.112. The van der Waals surface area contributed by atoms with Gasteiger partial charge in [-0.25, -0.2) is 4.79 Å². The van der Waals surface area contributed by atoms with Crippen LogP contribution in [0.5, 0.6) is 0 Å². The number of nitro groups is 1. The first-order chi connectivity index (χ1) is 7.41. The molecule has 7 heteroatoms. The van der Waals surface area contributed by atoms with Gasteiger partial charge >= 0.3 is 5.97 Å². The minimum Gasteiger partial charge on any atom is -0.478 e. The lowest BCUT2D eigenvalue weighted by Crippen LogP contribution is -1.92. The molecular formula is C9H5Cl2NO4. The van der Waals surface area contributed by atoms with Gasteiger partial charge in [-0.05, 0) is 12.1 Å². The number of hydrogen-bond donors (Lipinski definition) is 1. The monoisotopic (exact) mass is 261 g/mol. The van der Waals surface area contributed by atoms with Crippen LogP contribution in [0.1, 0.15) is 5.56 Å². The topological polar surface area (TPSA) is 80.4 Å². The predicted octanol–water partition coefficient (Wildman–Crippen LogP) is 3.00. The lowest BCUT2D eigenvalue weighted by atomic mass is 10.2. The van der Waals surface area contributed by atoms with Crippen molar-refractivity contribution < 1.29 is 14.8 Å². The smallest absolute Gasteiger partial charge is 0.328 e. The van der Waals surface area contributed by atoms with E-state index in [4.69, 9.17) is 28.3 Å². The van der Waals surface area contributed by atoms with Crippen LogP contribution in [-0.2, 0) is 4.79 Å². The highest BCUT2D eigenvalue weighted by Crippen LogP contribution is 2.32. The molecule has 5 nitrogen and oxygen atoms in total. The highest BCUT2D eigenvalue weighted by Gasteiger charge is 2.16. The van der Waals surface area contributed by atoms with Crippen LogP contribution < -0.4 is 0 Å². The molecule has 0 unspecified atom stereocenters. The van der Waals surface area contributed by atoms with E-state index in [9.17, 15) is 14.9 Å². The SMILES string of the molecule is O=C(O)/C=C/c1cc(Cl)cc([N+](=O)[O-])c1Cl. The Hall–Kier alpha value is -1.59. The van der Waals surface area contributed by atoms with Crippen LogP contribution in [0.3, 0.4) is 0 Å². The molecule has 0 bridgehead atoms. The summed E-state index contributed by atoms with van der Waals surface area (Å²) in [7, 11) is 0. The van der Waals surface area contributed by atoms with Gasteiger partial charge in [-0.2, -0.15) is 0 Å². The van der Waals surface area contributed by atoms with E-state index in [1.807, 2.05) is 0 Å². The molecule has 0 aliphatic carbocycles. The Morgan fingerprint density at radius 3 is 2.56 bits per heavy atom. The van der Waals surface area contributed by atoms with Gasteiger partial charge in [0.25, 0.3) is 5.69 Å². The van der Waals surface area contributed by atoms with E-state index in [2.05, 4.69) is 0 Å². The maximum atomic E-state index is 10.6. The van der Waals surface area contributed by atoms with Crippen molar-refractivity contribution in [2.24, 2.45) is 0 Å².